The van der Waals surface area contributed by atoms with E-state index in [0.717, 1.165) is 22.6 Å². The van der Waals surface area contributed by atoms with Crippen molar-refractivity contribution in [3.8, 4) is 22.9 Å². The third-order valence-electron chi connectivity index (χ3n) is 4.34. The van der Waals surface area contributed by atoms with Crippen LogP contribution < -0.4 is 5.43 Å². The third-order valence-corrected chi connectivity index (χ3v) is 4.34. The highest BCUT2D eigenvalue weighted by atomic mass is 16.2. The highest BCUT2D eigenvalue weighted by molar-refractivity contribution is 5.84. The maximum atomic E-state index is 11.3. The molecular weight excluding hydrogens is 336 g/mol. The highest BCUT2D eigenvalue weighted by Gasteiger charge is 2.10. The molecule has 0 aliphatic carbocycles. The molecule has 3 aromatic rings. The van der Waals surface area contributed by atoms with Crippen molar-refractivity contribution in [3.63, 3.8) is 0 Å². The van der Waals surface area contributed by atoms with Gasteiger partial charge in [0.1, 0.15) is 6.42 Å². The number of nitrogens with one attached hydrogen (secondary N) is 1. The normalized spacial score (nSPS) is 10.7. The lowest BCUT2D eigenvalue weighted by Gasteiger charge is -2.11. The number of hydrazone groups is 1. The van der Waals surface area contributed by atoms with E-state index in [2.05, 4.69) is 51.5 Å². The Morgan fingerprint density at radius 3 is 2.44 bits per heavy atom. The summed E-state index contributed by atoms with van der Waals surface area (Å²) in [5.41, 5.74) is 8.79. The minimum absolute atomic E-state index is 0.204. The van der Waals surface area contributed by atoms with Crippen LogP contribution in [-0.2, 0) is 4.79 Å². The summed E-state index contributed by atoms with van der Waals surface area (Å²) in [5.74, 6) is -0.418. The molecular formula is C22H20N4O. The molecule has 1 N–H and O–H groups in total. The van der Waals surface area contributed by atoms with E-state index in [0.29, 0.717) is 0 Å². The van der Waals surface area contributed by atoms with Crippen molar-refractivity contribution in [2.45, 2.75) is 20.3 Å². The van der Waals surface area contributed by atoms with Gasteiger partial charge in [0, 0.05) is 22.6 Å². The molecule has 1 aromatic heterocycles. The Morgan fingerprint density at radius 2 is 1.78 bits per heavy atom. The Bertz CT molecular complexity index is 1010. The molecule has 0 aliphatic heterocycles. The number of hydrogen-bond donors (Lipinski definition) is 1. The first kappa shape index (κ1) is 18.2. The van der Waals surface area contributed by atoms with E-state index in [1.807, 2.05) is 38.1 Å². The second-order valence-corrected chi connectivity index (χ2v) is 6.20. The van der Waals surface area contributed by atoms with Crippen LogP contribution >= 0.6 is 0 Å². The zero-order chi connectivity index (χ0) is 19.2. The lowest BCUT2D eigenvalue weighted by molar-refractivity contribution is -0.120. The van der Waals surface area contributed by atoms with Gasteiger partial charge in [0.25, 0.3) is 5.91 Å². The average Bonchev–Trinajstić information content (AvgIpc) is 2.96. The average molecular weight is 356 g/mol. The molecule has 0 spiro atoms. The van der Waals surface area contributed by atoms with Crippen LogP contribution in [0.1, 0.15) is 23.4 Å². The van der Waals surface area contributed by atoms with Gasteiger partial charge in [-0.05, 0) is 43.2 Å². The van der Waals surface area contributed by atoms with Crippen molar-refractivity contribution in [1.29, 1.82) is 5.26 Å². The molecule has 3 rings (SSSR count). The van der Waals surface area contributed by atoms with Crippen LogP contribution in [0.5, 0.6) is 0 Å². The molecule has 0 fully saturated rings. The van der Waals surface area contributed by atoms with E-state index < -0.39 is 5.91 Å². The van der Waals surface area contributed by atoms with Gasteiger partial charge in [0.15, 0.2) is 0 Å². The molecule has 5 heteroatoms. The Hall–Kier alpha value is -3.65. The van der Waals surface area contributed by atoms with Crippen molar-refractivity contribution in [2.75, 3.05) is 0 Å². The Balaban J connectivity index is 1.83. The van der Waals surface area contributed by atoms with Crippen LogP contribution in [0.25, 0.3) is 16.8 Å². The van der Waals surface area contributed by atoms with E-state index in [9.17, 15) is 4.79 Å². The summed E-state index contributed by atoms with van der Waals surface area (Å²) in [5, 5.41) is 12.4. The molecule has 2 aromatic carbocycles. The highest BCUT2D eigenvalue weighted by Crippen LogP contribution is 2.24. The monoisotopic (exact) mass is 356 g/mol. The van der Waals surface area contributed by atoms with Gasteiger partial charge in [0.2, 0.25) is 0 Å². The van der Waals surface area contributed by atoms with Crippen molar-refractivity contribution in [2.24, 2.45) is 5.10 Å². The summed E-state index contributed by atoms with van der Waals surface area (Å²) in [6, 6.07) is 22.5. The second-order valence-electron chi connectivity index (χ2n) is 6.20. The minimum Gasteiger partial charge on any atom is -0.318 e. The van der Waals surface area contributed by atoms with Crippen LogP contribution in [0.3, 0.4) is 0 Å². The largest absolute Gasteiger partial charge is 0.318 e. The van der Waals surface area contributed by atoms with Crippen LogP contribution in [0.15, 0.2) is 65.8 Å². The first-order valence-electron chi connectivity index (χ1n) is 8.64. The summed E-state index contributed by atoms with van der Waals surface area (Å²) in [6.07, 6.45) is 1.40. The van der Waals surface area contributed by atoms with Gasteiger partial charge in [0.05, 0.1) is 12.3 Å². The number of hydrogen-bond acceptors (Lipinski definition) is 3. The number of nitrogens with zero attached hydrogens (tertiary/aromatic N) is 3. The van der Waals surface area contributed by atoms with Crippen molar-refractivity contribution >= 4 is 12.1 Å². The Kier molecular flexibility index (Phi) is 5.48. The molecule has 0 unspecified atom stereocenters. The Morgan fingerprint density at radius 1 is 1.11 bits per heavy atom. The van der Waals surface area contributed by atoms with Crippen molar-refractivity contribution in [3.05, 3.63) is 77.6 Å². The molecule has 27 heavy (non-hydrogen) atoms. The van der Waals surface area contributed by atoms with Gasteiger partial charge >= 0.3 is 0 Å². The van der Waals surface area contributed by atoms with Gasteiger partial charge < -0.3 is 4.57 Å². The maximum absolute atomic E-state index is 11.3. The zero-order valence-electron chi connectivity index (χ0n) is 15.3. The number of aryl methyl sites for hydroxylation is 1. The molecule has 134 valence electrons. The number of carbonyl (C=O) groups is 1. The predicted molar refractivity (Wildman–Crippen MR) is 107 cm³/mol. The van der Waals surface area contributed by atoms with Gasteiger partial charge in [-0.3, -0.25) is 4.79 Å². The molecule has 1 heterocycles. The van der Waals surface area contributed by atoms with E-state index in [4.69, 9.17) is 5.26 Å². The first-order valence-corrected chi connectivity index (χ1v) is 8.64. The van der Waals surface area contributed by atoms with E-state index in [1.165, 1.54) is 11.1 Å². The number of amides is 1. The van der Waals surface area contributed by atoms with Crippen LogP contribution in [0, 0.1) is 25.2 Å². The lowest BCUT2D eigenvalue weighted by atomic mass is 10.1. The van der Waals surface area contributed by atoms with Gasteiger partial charge in [-0.15, -0.1) is 0 Å². The van der Waals surface area contributed by atoms with Crippen LogP contribution in [0.2, 0.25) is 0 Å². The first-order chi connectivity index (χ1) is 13.1. The number of nitriles is 1. The summed E-state index contributed by atoms with van der Waals surface area (Å²) in [4.78, 5) is 11.3. The molecule has 0 atom stereocenters. The minimum atomic E-state index is -0.418. The summed E-state index contributed by atoms with van der Waals surface area (Å²) < 4.78 is 2.15. The van der Waals surface area contributed by atoms with E-state index >= 15 is 0 Å². The van der Waals surface area contributed by atoms with Gasteiger partial charge in [-0.2, -0.15) is 10.4 Å². The fraction of sp³-hybridized carbons (Fsp3) is 0.136. The third kappa shape index (κ3) is 4.13. The van der Waals surface area contributed by atoms with E-state index in [1.54, 1.807) is 12.3 Å². The number of benzene rings is 2. The quantitative estimate of drug-likeness (QED) is 0.552. The predicted octanol–water partition coefficient (Wildman–Crippen LogP) is 4.12. The summed E-state index contributed by atoms with van der Waals surface area (Å²) in [6.45, 7) is 4.04. The molecule has 0 bridgehead atoms. The fourth-order valence-corrected chi connectivity index (χ4v) is 3.03. The molecule has 5 nitrogen and oxygen atoms in total. The van der Waals surface area contributed by atoms with Gasteiger partial charge in [-0.25, -0.2) is 5.43 Å². The number of carbonyl (C=O) groups excluding carboxylic acids is 1. The second kappa shape index (κ2) is 8.15. The molecule has 1 amide bonds. The molecule has 0 aliphatic rings. The molecule has 0 saturated carbocycles. The number of aromatic nitrogens is 1. The topological polar surface area (TPSA) is 70.2 Å². The van der Waals surface area contributed by atoms with Gasteiger partial charge in [-0.1, -0.05) is 42.5 Å². The fourth-order valence-electron chi connectivity index (χ4n) is 3.03. The van der Waals surface area contributed by atoms with Crippen LogP contribution in [-0.4, -0.2) is 16.7 Å². The lowest BCUT2D eigenvalue weighted by Crippen LogP contribution is -2.16. The zero-order valence-corrected chi connectivity index (χ0v) is 15.3. The molecule has 0 saturated heterocycles. The van der Waals surface area contributed by atoms with E-state index in [-0.39, 0.29) is 6.42 Å². The maximum Gasteiger partial charge on any atom is 0.254 e. The SMILES string of the molecule is Cc1cc(C=NNC(=O)CC#N)c(C)n1-c1ccc(-c2ccccc2)cc1. The molecule has 0 radical (unpaired) electrons. The summed E-state index contributed by atoms with van der Waals surface area (Å²) in [7, 11) is 0. The van der Waals surface area contributed by atoms with Crippen molar-refractivity contribution < 1.29 is 4.79 Å². The van der Waals surface area contributed by atoms with Crippen molar-refractivity contribution in [1.82, 2.24) is 9.99 Å². The standard InChI is InChI=1S/C22H20N4O/c1-16-14-20(15-24-25-22(27)12-13-23)17(2)26(16)21-10-8-19(9-11-21)18-6-4-3-5-7-18/h3-11,14-15H,12H2,1-2H3,(H,25,27). The summed E-state index contributed by atoms with van der Waals surface area (Å²) >= 11 is 0. The van der Waals surface area contributed by atoms with Crippen LogP contribution in [0.4, 0.5) is 0 Å². The Labute approximate surface area is 158 Å². The number of rotatable bonds is 5. The smallest absolute Gasteiger partial charge is 0.254 e.